The Hall–Kier alpha value is -0.710. The van der Waals surface area contributed by atoms with E-state index in [1.807, 2.05) is 0 Å². The van der Waals surface area contributed by atoms with Gasteiger partial charge in [0.15, 0.2) is 0 Å². The zero-order valence-electron chi connectivity index (χ0n) is 5.98. The lowest BCUT2D eigenvalue weighted by Gasteiger charge is -2.04. The van der Waals surface area contributed by atoms with Crippen LogP contribution in [0.4, 0.5) is 13.2 Å². The van der Waals surface area contributed by atoms with Crippen molar-refractivity contribution in [1.82, 2.24) is 9.78 Å². The summed E-state index contributed by atoms with van der Waals surface area (Å²) in [5.74, 6) is 0. The van der Waals surface area contributed by atoms with Gasteiger partial charge in [-0.05, 0) is 0 Å². The summed E-state index contributed by atoms with van der Waals surface area (Å²) >= 11 is 5.45. The van der Waals surface area contributed by atoms with Gasteiger partial charge in [-0.1, -0.05) is 11.6 Å². The van der Waals surface area contributed by atoms with Crippen LogP contribution in [0.1, 0.15) is 6.42 Å². The van der Waals surface area contributed by atoms with Crippen LogP contribution in [-0.4, -0.2) is 16.0 Å². The Morgan fingerprint density at radius 1 is 1.50 bits per heavy atom. The molecule has 1 aromatic rings. The standard InChI is InChI=1S/C6H6ClF3N2/c7-5-3-11-12(4-5)2-1-6(8,9)10/h3-4H,1-2H2. The highest BCUT2D eigenvalue weighted by Crippen LogP contribution is 2.20. The average Bonchev–Trinajstić information content (AvgIpc) is 2.30. The predicted molar refractivity (Wildman–Crippen MR) is 37.9 cm³/mol. The van der Waals surface area contributed by atoms with E-state index in [1.54, 1.807) is 0 Å². The molecule has 0 fully saturated rings. The molecule has 68 valence electrons. The SMILES string of the molecule is FC(F)(F)CCn1cc(Cl)cn1. The first-order valence-corrected chi connectivity index (χ1v) is 3.60. The molecule has 1 rings (SSSR count). The normalized spacial score (nSPS) is 12.0. The van der Waals surface area contributed by atoms with E-state index >= 15 is 0 Å². The van der Waals surface area contributed by atoms with E-state index in [4.69, 9.17) is 11.6 Å². The van der Waals surface area contributed by atoms with Crippen molar-refractivity contribution in [3.8, 4) is 0 Å². The molecule has 0 atom stereocenters. The molecule has 0 aliphatic rings. The molecule has 0 bridgehead atoms. The summed E-state index contributed by atoms with van der Waals surface area (Å²) in [6, 6.07) is 0. The van der Waals surface area contributed by atoms with Crippen molar-refractivity contribution in [3.63, 3.8) is 0 Å². The summed E-state index contributed by atoms with van der Waals surface area (Å²) in [6.45, 7) is -0.184. The van der Waals surface area contributed by atoms with Gasteiger partial charge in [-0.2, -0.15) is 18.3 Å². The van der Waals surface area contributed by atoms with Crippen molar-refractivity contribution in [2.24, 2.45) is 0 Å². The van der Waals surface area contributed by atoms with Crippen LogP contribution < -0.4 is 0 Å². The number of aryl methyl sites for hydroxylation is 1. The first-order valence-electron chi connectivity index (χ1n) is 3.22. The summed E-state index contributed by atoms with van der Waals surface area (Å²) in [6.07, 6.45) is -2.37. The minimum Gasteiger partial charge on any atom is -0.271 e. The Morgan fingerprint density at radius 3 is 2.58 bits per heavy atom. The number of hydrogen-bond donors (Lipinski definition) is 0. The summed E-state index contributed by atoms with van der Waals surface area (Å²) in [5.41, 5.74) is 0. The Kier molecular flexibility index (Phi) is 2.62. The van der Waals surface area contributed by atoms with Gasteiger partial charge in [-0.3, -0.25) is 4.68 Å². The maximum atomic E-state index is 11.7. The van der Waals surface area contributed by atoms with Crippen molar-refractivity contribution in [3.05, 3.63) is 17.4 Å². The van der Waals surface area contributed by atoms with E-state index < -0.39 is 12.6 Å². The summed E-state index contributed by atoms with van der Waals surface area (Å²) in [5, 5.41) is 3.95. The molecular formula is C6H6ClF3N2. The number of nitrogens with zero attached hydrogens (tertiary/aromatic N) is 2. The molecule has 0 N–H and O–H groups in total. The van der Waals surface area contributed by atoms with Crippen LogP contribution in [0.2, 0.25) is 5.02 Å². The molecule has 12 heavy (non-hydrogen) atoms. The van der Waals surface area contributed by atoms with Gasteiger partial charge in [0, 0.05) is 12.7 Å². The number of rotatable bonds is 2. The van der Waals surface area contributed by atoms with Crippen LogP contribution in [0, 0.1) is 0 Å². The topological polar surface area (TPSA) is 17.8 Å². The molecule has 1 heterocycles. The molecule has 1 aromatic heterocycles. The van der Waals surface area contributed by atoms with Gasteiger partial charge < -0.3 is 0 Å². The molecule has 2 nitrogen and oxygen atoms in total. The number of hydrogen-bond acceptors (Lipinski definition) is 1. The summed E-state index contributed by atoms with van der Waals surface area (Å²) in [7, 11) is 0. The fourth-order valence-corrected chi connectivity index (χ4v) is 0.858. The van der Waals surface area contributed by atoms with Gasteiger partial charge in [-0.15, -0.1) is 0 Å². The Bertz CT molecular complexity index is 256. The lowest BCUT2D eigenvalue weighted by molar-refractivity contribution is -0.137. The second kappa shape index (κ2) is 3.35. The number of halogens is 4. The Morgan fingerprint density at radius 2 is 2.17 bits per heavy atom. The lowest BCUT2D eigenvalue weighted by Crippen LogP contribution is -2.12. The molecule has 0 aromatic carbocycles. The van der Waals surface area contributed by atoms with Crippen LogP contribution in [-0.2, 0) is 6.54 Å². The summed E-state index contributed by atoms with van der Waals surface area (Å²) < 4.78 is 36.2. The van der Waals surface area contributed by atoms with Gasteiger partial charge in [0.05, 0.1) is 17.6 Å². The average molecular weight is 199 g/mol. The number of aromatic nitrogens is 2. The zero-order valence-corrected chi connectivity index (χ0v) is 6.73. The van der Waals surface area contributed by atoms with Crippen LogP contribution in [0.3, 0.4) is 0 Å². The van der Waals surface area contributed by atoms with Crippen LogP contribution in [0.25, 0.3) is 0 Å². The van der Waals surface area contributed by atoms with Crippen molar-refractivity contribution in [2.45, 2.75) is 19.1 Å². The van der Waals surface area contributed by atoms with Crippen LogP contribution >= 0.6 is 11.6 Å². The molecule has 0 amide bonds. The minimum absolute atomic E-state index is 0.184. The quantitative estimate of drug-likeness (QED) is 0.714. The van der Waals surface area contributed by atoms with E-state index in [-0.39, 0.29) is 6.54 Å². The van der Waals surface area contributed by atoms with E-state index in [9.17, 15) is 13.2 Å². The molecular weight excluding hydrogens is 193 g/mol. The smallest absolute Gasteiger partial charge is 0.271 e. The summed E-state index contributed by atoms with van der Waals surface area (Å²) in [4.78, 5) is 0. The first kappa shape index (κ1) is 9.38. The Balaban J connectivity index is 2.44. The van der Waals surface area contributed by atoms with Gasteiger partial charge in [-0.25, -0.2) is 0 Å². The van der Waals surface area contributed by atoms with Crippen molar-refractivity contribution >= 4 is 11.6 Å². The van der Waals surface area contributed by atoms with Gasteiger partial charge in [0.1, 0.15) is 0 Å². The highest BCUT2D eigenvalue weighted by Gasteiger charge is 2.26. The van der Waals surface area contributed by atoms with Gasteiger partial charge in [0.25, 0.3) is 0 Å². The van der Waals surface area contributed by atoms with Crippen LogP contribution in [0.5, 0.6) is 0 Å². The molecule has 0 aliphatic heterocycles. The largest absolute Gasteiger partial charge is 0.390 e. The van der Waals surface area contributed by atoms with E-state index in [1.165, 1.54) is 12.4 Å². The predicted octanol–water partition coefficient (Wildman–Crippen LogP) is 2.49. The third-order valence-corrected chi connectivity index (χ3v) is 1.42. The molecule has 6 heteroatoms. The second-order valence-corrected chi connectivity index (χ2v) is 2.72. The lowest BCUT2D eigenvalue weighted by atomic mass is 10.4. The molecule has 0 saturated carbocycles. The third kappa shape index (κ3) is 3.13. The maximum Gasteiger partial charge on any atom is 0.390 e. The highest BCUT2D eigenvalue weighted by atomic mass is 35.5. The van der Waals surface area contributed by atoms with E-state index in [2.05, 4.69) is 5.10 Å². The molecule has 0 saturated heterocycles. The van der Waals surface area contributed by atoms with Crippen LogP contribution in [0.15, 0.2) is 12.4 Å². The minimum atomic E-state index is -4.14. The first-order chi connectivity index (χ1) is 5.47. The highest BCUT2D eigenvalue weighted by molar-refractivity contribution is 6.30. The van der Waals surface area contributed by atoms with Crippen molar-refractivity contribution in [2.75, 3.05) is 0 Å². The van der Waals surface area contributed by atoms with Gasteiger partial charge in [0.2, 0.25) is 0 Å². The fourth-order valence-electron chi connectivity index (χ4n) is 0.702. The number of alkyl halides is 3. The van der Waals surface area contributed by atoms with E-state index in [0.717, 1.165) is 4.68 Å². The molecule has 0 spiro atoms. The fraction of sp³-hybridized carbons (Fsp3) is 0.500. The zero-order chi connectivity index (χ0) is 9.19. The van der Waals surface area contributed by atoms with Gasteiger partial charge >= 0.3 is 6.18 Å². The second-order valence-electron chi connectivity index (χ2n) is 2.29. The van der Waals surface area contributed by atoms with E-state index in [0.29, 0.717) is 5.02 Å². The molecule has 0 radical (unpaired) electrons. The van der Waals surface area contributed by atoms with Crippen molar-refractivity contribution < 1.29 is 13.2 Å². The molecule has 0 unspecified atom stereocenters. The Labute approximate surface area is 71.9 Å². The monoisotopic (exact) mass is 198 g/mol. The van der Waals surface area contributed by atoms with Crippen molar-refractivity contribution in [1.29, 1.82) is 0 Å². The molecule has 0 aliphatic carbocycles. The maximum absolute atomic E-state index is 11.7. The third-order valence-electron chi connectivity index (χ3n) is 1.23.